The molecule has 0 unspecified atom stereocenters. The van der Waals surface area contributed by atoms with Gasteiger partial charge in [0.05, 0.1) is 6.61 Å². The highest BCUT2D eigenvalue weighted by Crippen LogP contribution is 2.19. The molecule has 6 heteroatoms. The Labute approximate surface area is 195 Å². The molecular formula is C26H31ClN2O3. The summed E-state index contributed by atoms with van der Waals surface area (Å²) < 4.78 is 5.21. The van der Waals surface area contributed by atoms with Gasteiger partial charge in [-0.1, -0.05) is 49.2 Å². The van der Waals surface area contributed by atoms with E-state index in [0.29, 0.717) is 37.6 Å². The summed E-state index contributed by atoms with van der Waals surface area (Å²) in [4.78, 5) is 28.4. The first-order valence-corrected chi connectivity index (χ1v) is 11.6. The molecule has 1 fully saturated rings. The van der Waals surface area contributed by atoms with Crippen LogP contribution in [-0.4, -0.2) is 49.6 Å². The molecule has 0 saturated carbocycles. The molecule has 0 aliphatic carbocycles. The number of amides is 1. The fraction of sp³-hybridized carbons (Fsp3) is 0.385. The zero-order chi connectivity index (χ0) is 22.8. The SMILES string of the molecule is CCCCOC(=O)CCc1ccc(N2CCN(C(=O)/C=C/c3ccc(Cl)cc3)CC2)cc1. The number of carbonyl (C=O) groups is 2. The second kappa shape index (κ2) is 12.3. The van der Waals surface area contributed by atoms with E-state index < -0.39 is 0 Å². The van der Waals surface area contributed by atoms with Gasteiger partial charge >= 0.3 is 5.97 Å². The number of hydrogen-bond donors (Lipinski definition) is 0. The summed E-state index contributed by atoms with van der Waals surface area (Å²) in [6, 6.07) is 15.7. The Bertz CT molecular complexity index is 902. The van der Waals surface area contributed by atoms with Crippen molar-refractivity contribution in [1.82, 2.24) is 4.90 Å². The normalized spacial score (nSPS) is 14.1. The molecule has 2 aromatic carbocycles. The maximum atomic E-state index is 12.5. The second-order valence-corrected chi connectivity index (χ2v) is 8.37. The van der Waals surface area contributed by atoms with Crippen molar-refractivity contribution >= 4 is 35.2 Å². The van der Waals surface area contributed by atoms with Crippen LogP contribution in [-0.2, 0) is 20.7 Å². The van der Waals surface area contributed by atoms with Crippen molar-refractivity contribution in [1.29, 1.82) is 0 Å². The van der Waals surface area contributed by atoms with Crippen LogP contribution < -0.4 is 4.90 Å². The molecule has 1 aliphatic heterocycles. The van der Waals surface area contributed by atoms with E-state index in [1.807, 2.05) is 35.2 Å². The number of anilines is 1. The van der Waals surface area contributed by atoms with E-state index in [-0.39, 0.29) is 11.9 Å². The monoisotopic (exact) mass is 454 g/mol. The molecule has 170 valence electrons. The van der Waals surface area contributed by atoms with Crippen molar-refractivity contribution in [2.45, 2.75) is 32.6 Å². The lowest BCUT2D eigenvalue weighted by molar-refractivity contribution is -0.143. The number of rotatable bonds is 9. The number of benzene rings is 2. The van der Waals surface area contributed by atoms with Crippen molar-refractivity contribution in [3.8, 4) is 0 Å². The van der Waals surface area contributed by atoms with E-state index in [4.69, 9.17) is 16.3 Å². The van der Waals surface area contributed by atoms with Crippen molar-refractivity contribution in [3.63, 3.8) is 0 Å². The van der Waals surface area contributed by atoms with Crippen LogP contribution in [0, 0.1) is 0 Å². The molecule has 32 heavy (non-hydrogen) atoms. The molecule has 2 aromatic rings. The van der Waals surface area contributed by atoms with Crippen LogP contribution >= 0.6 is 11.6 Å². The second-order valence-electron chi connectivity index (χ2n) is 7.94. The number of halogens is 1. The summed E-state index contributed by atoms with van der Waals surface area (Å²) in [6.07, 6.45) is 6.49. The van der Waals surface area contributed by atoms with Crippen molar-refractivity contribution in [3.05, 3.63) is 70.8 Å². The molecule has 1 saturated heterocycles. The lowest BCUT2D eigenvalue weighted by Gasteiger charge is -2.35. The standard InChI is InChI=1S/C26H31ClN2O3/c1-2-3-20-32-26(31)15-9-22-6-12-24(13-7-22)28-16-18-29(19-17-28)25(30)14-8-21-4-10-23(27)11-5-21/h4-8,10-14H,2-3,9,15-20H2,1H3/b14-8+. The van der Waals surface area contributed by atoms with Crippen molar-refractivity contribution in [2.24, 2.45) is 0 Å². The van der Waals surface area contributed by atoms with Gasteiger partial charge < -0.3 is 14.5 Å². The third-order valence-corrected chi connectivity index (χ3v) is 5.81. The van der Waals surface area contributed by atoms with Gasteiger partial charge in [-0.05, 0) is 54.3 Å². The van der Waals surface area contributed by atoms with Crippen LogP contribution in [0.5, 0.6) is 0 Å². The number of carbonyl (C=O) groups excluding carboxylic acids is 2. The van der Waals surface area contributed by atoms with Crippen molar-refractivity contribution < 1.29 is 14.3 Å². The van der Waals surface area contributed by atoms with Gasteiger partial charge in [-0.25, -0.2) is 0 Å². The first-order chi connectivity index (χ1) is 15.5. The quantitative estimate of drug-likeness (QED) is 0.304. The van der Waals surface area contributed by atoms with Gasteiger partial charge in [0, 0.05) is 49.4 Å². The molecule has 0 atom stereocenters. The maximum absolute atomic E-state index is 12.5. The molecule has 1 heterocycles. The van der Waals surface area contributed by atoms with E-state index in [1.165, 1.54) is 0 Å². The zero-order valence-electron chi connectivity index (χ0n) is 18.6. The van der Waals surface area contributed by atoms with Crippen LogP contribution in [0.25, 0.3) is 6.08 Å². The van der Waals surface area contributed by atoms with Crippen LogP contribution in [0.2, 0.25) is 5.02 Å². The summed E-state index contributed by atoms with van der Waals surface area (Å²) in [5, 5.41) is 0.683. The molecule has 0 aromatic heterocycles. The van der Waals surface area contributed by atoms with Gasteiger partial charge in [0.1, 0.15) is 0 Å². The molecule has 3 rings (SSSR count). The van der Waals surface area contributed by atoms with Crippen LogP contribution in [0.3, 0.4) is 0 Å². The molecule has 0 radical (unpaired) electrons. The first kappa shape index (κ1) is 23.9. The highest BCUT2D eigenvalue weighted by atomic mass is 35.5. The third-order valence-electron chi connectivity index (χ3n) is 5.56. The molecule has 0 bridgehead atoms. The molecular weight excluding hydrogens is 424 g/mol. The fourth-order valence-corrected chi connectivity index (χ4v) is 3.68. The largest absolute Gasteiger partial charge is 0.466 e. The van der Waals surface area contributed by atoms with Crippen molar-refractivity contribution in [2.75, 3.05) is 37.7 Å². The molecule has 1 amide bonds. The summed E-state index contributed by atoms with van der Waals surface area (Å²) in [6.45, 7) is 5.56. The molecule has 0 N–H and O–H groups in total. The van der Waals surface area contributed by atoms with Crippen LogP contribution in [0.1, 0.15) is 37.3 Å². The van der Waals surface area contributed by atoms with E-state index >= 15 is 0 Å². The fourth-order valence-electron chi connectivity index (χ4n) is 3.55. The van der Waals surface area contributed by atoms with Crippen LogP contribution in [0.15, 0.2) is 54.6 Å². The molecule has 1 aliphatic rings. The summed E-state index contributed by atoms with van der Waals surface area (Å²) in [5.41, 5.74) is 3.22. The van der Waals surface area contributed by atoms with Gasteiger partial charge in [0.15, 0.2) is 0 Å². The number of esters is 1. The Balaban J connectivity index is 1.43. The topological polar surface area (TPSA) is 49.9 Å². The lowest BCUT2D eigenvalue weighted by atomic mass is 10.1. The van der Waals surface area contributed by atoms with E-state index in [1.54, 1.807) is 6.08 Å². The maximum Gasteiger partial charge on any atom is 0.306 e. The summed E-state index contributed by atoms with van der Waals surface area (Å²) in [7, 11) is 0. The Kier molecular flexibility index (Phi) is 9.17. The Morgan fingerprint density at radius 1 is 1.00 bits per heavy atom. The smallest absolute Gasteiger partial charge is 0.306 e. The number of aryl methyl sites for hydroxylation is 1. The Morgan fingerprint density at radius 2 is 1.69 bits per heavy atom. The summed E-state index contributed by atoms with van der Waals surface area (Å²) >= 11 is 5.90. The Morgan fingerprint density at radius 3 is 2.34 bits per heavy atom. The minimum absolute atomic E-state index is 0.0285. The van der Waals surface area contributed by atoms with Gasteiger partial charge in [0.2, 0.25) is 5.91 Å². The number of piperazine rings is 1. The van der Waals surface area contributed by atoms with Gasteiger partial charge in [0.25, 0.3) is 0 Å². The number of ether oxygens (including phenoxy) is 1. The average molecular weight is 455 g/mol. The Hall–Kier alpha value is -2.79. The van der Waals surface area contributed by atoms with E-state index in [9.17, 15) is 9.59 Å². The number of nitrogens with zero attached hydrogens (tertiary/aromatic N) is 2. The van der Waals surface area contributed by atoms with Crippen LogP contribution in [0.4, 0.5) is 5.69 Å². The first-order valence-electron chi connectivity index (χ1n) is 11.3. The lowest BCUT2D eigenvalue weighted by Crippen LogP contribution is -2.48. The highest BCUT2D eigenvalue weighted by Gasteiger charge is 2.19. The molecule has 0 spiro atoms. The predicted octanol–water partition coefficient (Wildman–Crippen LogP) is 4.98. The number of hydrogen-bond acceptors (Lipinski definition) is 4. The van der Waals surface area contributed by atoms with E-state index in [0.717, 1.165) is 42.7 Å². The highest BCUT2D eigenvalue weighted by molar-refractivity contribution is 6.30. The predicted molar refractivity (Wildman–Crippen MR) is 130 cm³/mol. The van der Waals surface area contributed by atoms with Gasteiger partial charge in [-0.2, -0.15) is 0 Å². The minimum atomic E-state index is -0.131. The van der Waals surface area contributed by atoms with Gasteiger partial charge in [-0.15, -0.1) is 0 Å². The average Bonchev–Trinajstić information content (AvgIpc) is 2.83. The third kappa shape index (κ3) is 7.41. The van der Waals surface area contributed by atoms with E-state index in [2.05, 4.69) is 36.1 Å². The summed E-state index contributed by atoms with van der Waals surface area (Å²) in [5.74, 6) is -0.103. The molecule has 5 nitrogen and oxygen atoms in total. The number of unbranched alkanes of at least 4 members (excludes halogenated alkanes) is 1. The van der Waals surface area contributed by atoms with Gasteiger partial charge in [-0.3, -0.25) is 9.59 Å². The minimum Gasteiger partial charge on any atom is -0.466 e. The zero-order valence-corrected chi connectivity index (χ0v) is 19.4.